The van der Waals surface area contributed by atoms with E-state index in [0.717, 1.165) is 24.9 Å². The lowest BCUT2D eigenvalue weighted by Gasteiger charge is -2.23. The summed E-state index contributed by atoms with van der Waals surface area (Å²) in [4.78, 5) is 11.9. The van der Waals surface area contributed by atoms with Crippen molar-refractivity contribution in [3.05, 3.63) is 48.0 Å². The van der Waals surface area contributed by atoms with Gasteiger partial charge in [-0.2, -0.15) is 0 Å². The van der Waals surface area contributed by atoms with E-state index in [1.54, 1.807) is 5.01 Å². The molecule has 0 spiro atoms. The van der Waals surface area contributed by atoms with E-state index >= 15 is 0 Å². The summed E-state index contributed by atoms with van der Waals surface area (Å²) in [5.74, 6) is 0. The normalized spacial score (nSPS) is 17.7. The maximum atomic E-state index is 11.9. The van der Waals surface area contributed by atoms with Crippen LogP contribution in [0, 0.1) is 0 Å². The van der Waals surface area contributed by atoms with Gasteiger partial charge in [0.1, 0.15) is 6.61 Å². The van der Waals surface area contributed by atoms with Gasteiger partial charge in [0.25, 0.3) is 0 Å². The van der Waals surface area contributed by atoms with Gasteiger partial charge >= 0.3 is 6.09 Å². The number of carbonyl (C=O) groups excluding carboxylic acids is 1. The molecule has 0 bridgehead atoms. The van der Waals surface area contributed by atoms with E-state index < -0.39 is 0 Å². The van der Waals surface area contributed by atoms with Crippen LogP contribution in [-0.2, 0) is 11.3 Å². The molecule has 0 saturated heterocycles. The third-order valence-electron chi connectivity index (χ3n) is 2.73. The van der Waals surface area contributed by atoms with E-state index in [2.05, 4.69) is 17.6 Å². The third kappa shape index (κ3) is 3.89. The molecule has 1 aromatic carbocycles. The van der Waals surface area contributed by atoms with Crippen molar-refractivity contribution in [1.29, 1.82) is 0 Å². The van der Waals surface area contributed by atoms with E-state index in [1.165, 1.54) is 0 Å². The summed E-state index contributed by atoms with van der Waals surface area (Å²) >= 11 is 0. The number of hydrogen-bond donors (Lipinski definition) is 1. The maximum absolute atomic E-state index is 11.9. The smallest absolute Gasteiger partial charge is 0.424 e. The van der Waals surface area contributed by atoms with Crippen molar-refractivity contribution in [2.24, 2.45) is 0 Å². The molecule has 0 radical (unpaired) electrons. The first-order valence-corrected chi connectivity index (χ1v) is 6.23. The van der Waals surface area contributed by atoms with Gasteiger partial charge in [-0.05, 0) is 18.4 Å². The Morgan fingerprint density at radius 2 is 2.00 bits per heavy atom. The van der Waals surface area contributed by atoms with Crippen molar-refractivity contribution in [2.45, 2.75) is 19.4 Å². The van der Waals surface area contributed by atoms with E-state index in [-0.39, 0.29) is 6.09 Å². The van der Waals surface area contributed by atoms with Crippen LogP contribution in [0.3, 0.4) is 0 Å². The first-order valence-electron chi connectivity index (χ1n) is 6.23. The van der Waals surface area contributed by atoms with Crippen LogP contribution in [0.4, 0.5) is 4.79 Å². The van der Waals surface area contributed by atoms with E-state index in [1.807, 2.05) is 30.3 Å². The number of benzene rings is 1. The lowest BCUT2D eigenvalue weighted by atomic mass is 10.2. The van der Waals surface area contributed by atoms with Gasteiger partial charge in [0.15, 0.2) is 0 Å². The summed E-state index contributed by atoms with van der Waals surface area (Å²) < 4.78 is 5.26. The highest BCUT2D eigenvalue weighted by Gasteiger charge is 2.14. The number of nitrogens with one attached hydrogen (secondary N) is 1. The van der Waals surface area contributed by atoms with Crippen molar-refractivity contribution in [3.63, 3.8) is 0 Å². The molecule has 1 heterocycles. The molecule has 1 aromatic rings. The van der Waals surface area contributed by atoms with Gasteiger partial charge in [0, 0.05) is 13.1 Å². The Kier molecular flexibility index (Phi) is 4.78. The Bertz CT molecular complexity index is 404. The molecule has 4 heteroatoms. The van der Waals surface area contributed by atoms with Crippen LogP contribution in [-0.4, -0.2) is 24.2 Å². The number of nitrogens with zero attached hydrogens (tertiary/aromatic N) is 1. The van der Waals surface area contributed by atoms with Crippen LogP contribution in [0.15, 0.2) is 42.5 Å². The predicted octanol–water partition coefficient (Wildman–Crippen LogP) is 2.48. The van der Waals surface area contributed by atoms with Gasteiger partial charge in [-0.3, -0.25) is 0 Å². The average Bonchev–Trinajstić information content (AvgIpc) is 2.37. The molecule has 0 unspecified atom stereocenters. The van der Waals surface area contributed by atoms with E-state index in [0.29, 0.717) is 13.2 Å². The van der Waals surface area contributed by atoms with Crippen LogP contribution < -0.4 is 5.43 Å². The maximum Gasteiger partial charge on any atom is 0.424 e. The second-order valence-electron chi connectivity index (χ2n) is 4.15. The molecule has 4 nitrogen and oxygen atoms in total. The average molecular weight is 246 g/mol. The number of rotatable bonds is 2. The highest BCUT2D eigenvalue weighted by molar-refractivity contribution is 5.67. The van der Waals surface area contributed by atoms with Gasteiger partial charge in [0.05, 0.1) is 0 Å². The van der Waals surface area contributed by atoms with Crippen LogP contribution in [0.2, 0.25) is 0 Å². The summed E-state index contributed by atoms with van der Waals surface area (Å²) in [6, 6.07) is 9.69. The molecule has 0 atom stereocenters. The monoisotopic (exact) mass is 246 g/mol. The zero-order valence-corrected chi connectivity index (χ0v) is 10.3. The molecule has 18 heavy (non-hydrogen) atoms. The number of hydrogen-bond acceptors (Lipinski definition) is 3. The highest BCUT2D eigenvalue weighted by Crippen LogP contribution is 2.04. The molecule has 2 rings (SSSR count). The van der Waals surface area contributed by atoms with E-state index in [4.69, 9.17) is 4.74 Å². The Balaban J connectivity index is 1.81. The van der Waals surface area contributed by atoms with E-state index in [9.17, 15) is 4.79 Å². The SMILES string of the molecule is O=C(OCc1ccccc1)N1CC/C=C\CCN1. The number of amides is 1. The predicted molar refractivity (Wildman–Crippen MR) is 69.7 cm³/mol. The van der Waals surface area contributed by atoms with Crippen LogP contribution in [0.1, 0.15) is 18.4 Å². The molecule has 0 aliphatic carbocycles. The van der Waals surface area contributed by atoms with Crippen molar-refractivity contribution in [2.75, 3.05) is 13.1 Å². The fourth-order valence-corrected chi connectivity index (χ4v) is 1.75. The summed E-state index contributed by atoms with van der Waals surface area (Å²) in [7, 11) is 0. The minimum absolute atomic E-state index is 0.311. The number of hydrazine groups is 1. The van der Waals surface area contributed by atoms with Crippen LogP contribution >= 0.6 is 0 Å². The van der Waals surface area contributed by atoms with Crippen LogP contribution in [0.5, 0.6) is 0 Å². The van der Waals surface area contributed by atoms with Crippen molar-refractivity contribution >= 4 is 6.09 Å². The van der Waals surface area contributed by atoms with Gasteiger partial charge in [-0.15, -0.1) is 0 Å². The second-order valence-corrected chi connectivity index (χ2v) is 4.15. The lowest BCUT2D eigenvalue weighted by molar-refractivity contribution is 0.0774. The molecule has 0 aromatic heterocycles. The lowest BCUT2D eigenvalue weighted by Crippen LogP contribution is -2.44. The standard InChI is InChI=1S/C14H18N2O2/c17-14(16-11-7-2-1-6-10-15-16)18-12-13-8-4-3-5-9-13/h1-5,8-9,15H,6-7,10-12H2/b2-1-. The zero-order valence-electron chi connectivity index (χ0n) is 10.3. The van der Waals surface area contributed by atoms with Gasteiger partial charge in [-0.25, -0.2) is 15.2 Å². The van der Waals surface area contributed by atoms with Crippen molar-refractivity contribution < 1.29 is 9.53 Å². The van der Waals surface area contributed by atoms with Gasteiger partial charge in [0.2, 0.25) is 0 Å². The topological polar surface area (TPSA) is 41.6 Å². The zero-order chi connectivity index (χ0) is 12.6. The molecule has 1 aliphatic heterocycles. The number of ether oxygens (including phenoxy) is 1. The minimum atomic E-state index is -0.311. The van der Waals surface area contributed by atoms with Crippen molar-refractivity contribution in [3.8, 4) is 0 Å². The minimum Gasteiger partial charge on any atom is -0.444 e. The van der Waals surface area contributed by atoms with Crippen LogP contribution in [0.25, 0.3) is 0 Å². The Labute approximate surface area is 107 Å². The molecule has 0 fully saturated rings. The largest absolute Gasteiger partial charge is 0.444 e. The second kappa shape index (κ2) is 6.81. The number of carbonyl (C=O) groups is 1. The highest BCUT2D eigenvalue weighted by atomic mass is 16.6. The Hall–Kier alpha value is -1.81. The molecular formula is C14H18N2O2. The third-order valence-corrected chi connectivity index (χ3v) is 2.73. The Morgan fingerprint density at radius 1 is 1.22 bits per heavy atom. The Morgan fingerprint density at radius 3 is 2.83 bits per heavy atom. The summed E-state index contributed by atoms with van der Waals surface area (Å²) in [5.41, 5.74) is 4.06. The molecule has 1 amide bonds. The fraction of sp³-hybridized carbons (Fsp3) is 0.357. The molecule has 0 saturated carbocycles. The first kappa shape index (κ1) is 12.6. The first-order chi connectivity index (χ1) is 8.86. The van der Waals surface area contributed by atoms with Gasteiger partial charge in [-0.1, -0.05) is 42.5 Å². The fourth-order valence-electron chi connectivity index (χ4n) is 1.75. The molecular weight excluding hydrogens is 228 g/mol. The summed E-state index contributed by atoms with van der Waals surface area (Å²) in [6.07, 6.45) is 5.70. The molecule has 1 N–H and O–H groups in total. The van der Waals surface area contributed by atoms with Crippen molar-refractivity contribution in [1.82, 2.24) is 10.4 Å². The quantitative estimate of drug-likeness (QED) is 0.815. The molecule has 1 aliphatic rings. The van der Waals surface area contributed by atoms with Gasteiger partial charge < -0.3 is 4.74 Å². The summed E-state index contributed by atoms with van der Waals surface area (Å²) in [5, 5.41) is 1.55. The molecule has 96 valence electrons. The summed E-state index contributed by atoms with van der Waals surface area (Å²) in [6.45, 7) is 1.72.